The Hall–Kier alpha value is -4.27. The van der Waals surface area contributed by atoms with E-state index in [-0.39, 0.29) is 31.0 Å². The normalized spacial score (nSPS) is 20.3. The smallest absolute Gasteiger partial charge is 0.257 e. The van der Waals surface area contributed by atoms with Gasteiger partial charge in [0.1, 0.15) is 11.6 Å². The average molecular weight is 503 g/mol. The van der Waals surface area contributed by atoms with E-state index in [2.05, 4.69) is 10.4 Å². The summed E-state index contributed by atoms with van der Waals surface area (Å²) in [7, 11) is 1.56. The molecule has 2 heterocycles. The van der Waals surface area contributed by atoms with Crippen LogP contribution >= 0.6 is 0 Å². The molecule has 37 heavy (non-hydrogen) atoms. The van der Waals surface area contributed by atoms with E-state index in [9.17, 15) is 18.4 Å². The van der Waals surface area contributed by atoms with E-state index in [1.165, 1.54) is 12.1 Å². The number of hydrogen-bond acceptors (Lipinski definition) is 4. The van der Waals surface area contributed by atoms with Crippen LogP contribution in [-0.4, -0.2) is 40.4 Å². The first-order valence-electron chi connectivity index (χ1n) is 12.1. The molecule has 0 radical (unpaired) electrons. The number of alkyl halides is 1. The predicted molar refractivity (Wildman–Crippen MR) is 134 cm³/mol. The maximum absolute atomic E-state index is 14.5. The highest BCUT2D eigenvalue weighted by atomic mass is 19.1. The highest BCUT2D eigenvalue weighted by molar-refractivity contribution is 6.00. The Morgan fingerprint density at radius 3 is 2.57 bits per heavy atom. The lowest BCUT2D eigenvalue weighted by Crippen LogP contribution is -2.44. The number of carbonyl (C=O) groups excluding carboxylic acids is 2. The number of benzene rings is 3. The minimum absolute atomic E-state index is 0.0383. The number of halogens is 2. The maximum atomic E-state index is 14.5. The van der Waals surface area contributed by atoms with E-state index in [1.807, 2.05) is 36.4 Å². The first-order chi connectivity index (χ1) is 17.9. The van der Waals surface area contributed by atoms with E-state index >= 15 is 0 Å². The number of aromatic nitrogens is 2. The number of rotatable bonds is 6. The molecule has 7 nitrogen and oxygen atoms in total. The van der Waals surface area contributed by atoms with Crippen molar-refractivity contribution in [2.75, 3.05) is 12.0 Å². The van der Waals surface area contributed by atoms with Gasteiger partial charge in [0.05, 0.1) is 36.6 Å². The van der Waals surface area contributed by atoms with Gasteiger partial charge in [0.25, 0.3) is 5.91 Å². The van der Waals surface area contributed by atoms with Crippen molar-refractivity contribution in [1.82, 2.24) is 15.1 Å². The Kier molecular flexibility index (Phi) is 5.43. The van der Waals surface area contributed by atoms with Crippen LogP contribution in [0.1, 0.15) is 30.9 Å². The molecule has 1 saturated carbocycles. The second-order valence-corrected chi connectivity index (χ2v) is 9.51. The molecular formula is C28H24F2N4O3. The summed E-state index contributed by atoms with van der Waals surface area (Å²) in [5.74, 6) is -0.578. The Morgan fingerprint density at radius 1 is 1.08 bits per heavy atom. The van der Waals surface area contributed by atoms with Crippen molar-refractivity contribution in [1.29, 1.82) is 0 Å². The Bertz CT molecular complexity index is 1510. The second-order valence-electron chi connectivity index (χ2n) is 9.51. The molecule has 9 heteroatoms. The van der Waals surface area contributed by atoms with Crippen molar-refractivity contribution in [2.24, 2.45) is 0 Å². The summed E-state index contributed by atoms with van der Waals surface area (Å²) in [6, 6.07) is 17.7. The van der Waals surface area contributed by atoms with Crippen LogP contribution in [-0.2, 0) is 9.59 Å². The summed E-state index contributed by atoms with van der Waals surface area (Å²) in [6.45, 7) is 0. The molecule has 1 aromatic heterocycles. The zero-order chi connectivity index (χ0) is 25.7. The van der Waals surface area contributed by atoms with E-state index in [4.69, 9.17) is 4.74 Å². The molecule has 1 N–H and O–H groups in total. The average Bonchev–Trinajstić information content (AvgIpc) is 3.39. The Balaban J connectivity index is 1.39. The lowest BCUT2D eigenvalue weighted by atomic mass is 9.98. The molecule has 2 fully saturated rings. The molecule has 4 aromatic rings. The summed E-state index contributed by atoms with van der Waals surface area (Å²) >= 11 is 0. The highest BCUT2D eigenvalue weighted by Crippen LogP contribution is 2.43. The fourth-order valence-electron chi connectivity index (χ4n) is 4.97. The third-order valence-electron chi connectivity index (χ3n) is 7.07. The molecule has 188 valence electrons. The van der Waals surface area contributed by atoms with Gasteiger partial charge >= 0.3 is 0 Å². The van der Waals surface area contributed by atoms with Crippen LogP contribution in [0.5, 0.6) is 5.75 Å². The monoisotopic (exact) mass is 502 g/mol. The molecule has 2 atom stereocenters. The van der Waals surface area contributed by atoms with E-state index in [1.54, 1.807) is 41.1 Å². The molecule has 2 aliphatic rings. The van der Waals surface area contributed by atoms with Crippen molar-refractivity contribution >= 4 is 28.4 Å². The molecule has 2 amide bonds. The van der Waals surface area contributed by atoms with Gasteiger partial charge in [-0.05, 0) is 73.0 Å². The molecule has 1 aliphatic carbocycles. The predicted octanol–water partition coefficient (Wildman–Crippen LogP) is 4.64. The van der Waals surface area contributed by atoms with Crippen LogP contribution in [0.2, 0.25) is 0 Å². The van der Waals surface area contributed by atoms with E-state index < -0.39 is 23.7 Å². The number of anilines is 1. The largest absolute Gasteiger partial charge is 0.497 e. The molecule has 1 aliphatic heterocycles. The van der Waals surface area contributed by atoms with Crippen LogP contribution in [0.15, 0.2) is 72.9 Å². The molecular weight excluding hydrogens is 478 g/mol. The Morgan fingerprint density at radius 2 is 1.84 bits per heavy atom. The zero-order valence-corrected chi connectivity index (χ0v) is 20.0. The van der Waals surface area contributed by atoms with Gasteiger partial charge in [0.15, 0.2) is 5.67 Å². The fraction of sp³-hybridized carbons (Fsp3) is 0.250. The number of ether oxygens (including phenoxy) is 1. The summed E-state index contributed by atoms with van der Waals surface area (Å²) in [4.78, 5) is 27.6. The van der Waals surface area contributed by atoms with Crippen LogP contribution in [0.3, 0.4) is 0 Å². The zero-order valence-electron chi connectivity index (χ0n) is 20.0. The van der Waals surface area contributed by atoms with E-state index in [0.29, 0.717) is 17.1 Å². The van der Waals surface area contributed by atoms with Crippen molar-refractivity contribution in [3.8, 4) is 11.4 Å². The van der Waals surface area contributed by atoms with Gasteiger partial charge in [-0.2, -0.15) is 5.10 Å². The second kappa shape index (κ2) is 8.69. The maximum Gasteiger partial charge on any atom is 0.257 e. The van der Waals surface area contributed by atoms with Crippen molar-refractivity contribution < 1.29 is 23.1 Å². The number of hydrogen-bond donors (Lipinski definition) is 1. The Labute approximate surface area is 211 Å². The molecule has 1 saturated heterocycles. The fourth-order valence-corrected chi connectivity index (χ4v) is 4.97. The SMILES string of the molecule is COc1cccc(C2[C@@H](NC(=O)C3(F)CC3)CC(=O)N2c2ccc3c(cnn3-c3ccc(F)cc3)c2)c1. The molecule has 0 bridgehead atoms. The molecule has 6 rings (SSSR count). The van der Waals surface area contributed by atoms with Gasteiger partial charge in [-0.15, -0.1) is 0 Å². The third kappa shape index (κ3) is 4.10. The molecule has 3 aromatic carbocycles. The van der Waals surface area contributed by atoms with Crippen LogP contribution < -0.4 is 15.0 Å². The summed E-state index contributed by atoms with van der Waals surface area (Å²) < 4.78 is 35.0. The van der Waals surface area contributed by atoms with Gasteiger partial charge < -0.3 is 15.0 Å². The topological polar surface area (TPSA) is 76.5 Å². The lowest BCUT2D eigenvalue weighted by Gasteiger charge is -2.29. The first-order valence-corrected chi connectivity index (χ1v) is 12.1. The minimum Gasteiger partial charge on any atom is -0.497 e. The van der Waals surface area contributed by atoms with Gasteiger partial charge in [0.2, 0.25) is 5.91 Å². The summed E-state index contributed by atoms with van der Waals surface area (Å²) in [5, 5.41) is 8.03. The van der Waals surface area contributed by atoms with Crippen molar-refractivity contribution in [3.05, 3.63) is 84.3 Å². The third-order valence-corrected chi connectivity index (χ3v) is 7.07. The van der Waals surface area contributed by atoms with Crippen LogP contribution in [0.4, 0.5) is 14.5 Å². The van der Waals surface area contributed by atoms with Gasteiger partial charge in [0, 0.05) is 17.5 Å². The number of methoxy groups -OCH3 is 1. The first kappa shape index (κ1) is 23.1. The minimum atomic E-state index is -1.84. The van der Waals surface area contributed by atoms with Gasteiger partial charge in [-0.1, -0.05) is 12.1 Å². The van der Waals surface area contributed by atoms with Gasteiger partial charge in [-0.25, -0.2) is 13.5 Å². The van der Waals surface area contributed by atoms with Crippen LogP contribution in [0, 0.1) is 5.82 Å². The number of nitrogens with zero attached hydrogens (tertiary/aromatic N) is 3. The van der Waals surface area contributed by atoms with Crippen LogP contribution in [0.25, 0.3) is 16.6 Å². The number of fused-ring (bicyclic) bond motifs is 1. The standard InChI is InChI=1S/C28H24F2N4O3/c1-37-22-4-2-3-17(14-22)26-23(32-27(36)28(30)11-12-28)15-25(35)33(26)21-9-10-24-18(13-21)16-31-34(24)20-7-5-19(29)6-8-20/h2-10,13-14,16,23,26H,11-12,15H2,1H3,(H,32,36)/t23-,26?/m0/s1. The molecule has 0 spiro atoms. The number of nitrogens with one attached hydrogen (secondary N) is 1. The quantitative estimate of drug-likeness (QED) is 0.417. The number of amides is 2. The van der Waals surface area contributed by atoms with Crippen molar-refractivity contribution in [2.45, 2.75) is 37.0 Å². The summed E-state index contributed by atoms with van der Waals surface area (Å²) in [5.41, 5.74) is 1.04. The van der Waals surface area contributed by atoms with Gasteiger partial charge in [-0.3, -0.25) is 9.59 Å². The highest BCUT2D eigenvalue weighted by Gasteiger charge is 2.53. The summed E-state index contributed by atoms with van der Waals surface area (Å²) in [6.07, 6.45) is 2.11. The van der Waals surface area contributed by atoms with Crippen molar-refractivity contribution in [3.63, 3.8) is 0 Å². The van der Waals surface area contributed by atoms with E-state index in [0.717, 1.165) is 16.5 Å². The lowest BCUT2D eigenvalue weighted by molar-refractivity contribution is -0.128. The number of carbonyl (C=O) groups is 2. The molecule has 1 unspecified atom stereocenters.